The number of piperidine rings is 1. The second-order valence-corrected chi connectivity index (χ2v) is 7.63. The first-order valence-electron chi connectivity index (χ1n) is 9.29. The number of carbonyl (C=O) groups excluding carboxylic acids is 1. The van der Waals surface area contributed by atoms with Crippen LogP contribution >= 0.6 is 0 Å². The van der Waals surface area contributed by atoms with Crippen LogP contribution in [0.25, 0.3) is 0 Å². The third-order valence-corrected chi connectivity index (χ3v) is 5.79. The van der Waals surface area contributed by atoms with Crippen molar-refractivity contribution >= 4 is 5.91 Å². The number of hydrogen-bond donors (Lipinski definition) is 1. The number of carbonyl (C=O) groups is 1. The molecular weight excluding hydrogens is 345 g/mol. The van der Waals surface area contributed by atoms with Gasteiger partial charge in [-0.1, -0.05) is 0 Å². The van der Waals surface area contributed by atoms with Gasteiger partial charge in [-0.25, -0.2) is 0 Å². The van der Waals surface area contributed by atoms with Gasteiger partial charge in [-0.2, -0.15) is 23.4 Å². The first kappa shape index (κ1) is 19.2. The summed E-state index contributed by atoms with van der Waals surface area (Å²) in [6.45, 7) is 0.992. The first-order chi connectivity index (χ1) is 12.3. The summed E-state index contributed by atoms with van der Waals surface area (Å²) in [5.41, 5.74) is -0.436. The second-order valence-electron chi connectivity index (χ2n) is 7.63. The van der Waals surface area contributed by atoms with Gasteiger partial charge in [0.1, 0.15) is 0 Å². The third-order valence-electron chi connectivity index (χ3n) is 5.79. The number of hydrogen-bond acceptors (Lipinski definition) is 4. The molecule has 2 fully saturated rings. The number of terminal acetylenes is 1. The van der Waals surface area contributed by atoms with E-state index in [-0.39, 0.29) is 24.8 Å². The van der Waals surface area contributed by atoms with E-state index in [0.717, 1.165) is 12.8 Å². The summed E-state index contributed by atoms with van der Waals surface area (Å²) < 4.78 is 38.1. The predicted molar refractivity (Wildman–Crippen MR) is 90.2 cm³/mol. The smallest absolute Gasteiger partial charge is 0.353 e. The van der Waals surface area contributed by atoms with Gasteiger partial charge in [0, 0.05) is 37.8 Å². The number of nitrogens with zero attached hydrogens (tertiary/aromatic N) is 3. The average Bonchev–Trinajstić information content (AvgIpc) is 3.34. The summed E-state index contributed by atoms with van der Waals surface area (Å²) in [7, 11) is 0. The Morgan fingerprint density at radius 2 is 1.88 bits per heavy atom. The average molecular weight is 370 g/mol. The maximum Gasteiger partial charge on any atom is 0.391 e. The highest BCUT2D eigenvalue weighted by atomic mass is 19.4. The molecule has 1 N–H and O–H groups in total. The van der Waals surface area contributed by atoms with Crippen molar-refractivity contribution in [2.45, 2.75) is 75.3 Å². The van der Waals surface area contributed by atoms with Crippen LogP contribution in [0.15, 0.2) is 10.2 Å². The van der Waals surface area contributed by atoms with Gasteiger partial charge in [0.2, 0.25) is 5.91 Å². The number of alkyl halides is 3. The highest BCUT2D eigenvalue weighted by Gasteiger charge is 2.44. The molecule has 2 aliphatic heterocycles. The van der Waals surface area contributed by atoms with Gasteiger partial charge >= 0.3 is 6.18 Å². The van der Waals surface area contributed by atoms with E-state index >= 15 is 0 Å². The monoisotopic (exact) mass is 370 g/mol. The molecule has 0 spiro atoms. The molecule has 26 heavy (non-hydrogen) atoms. The molecule has 2 heterocycles. The maximum absolute atomic E-state index is 12.7. The molecule has 0 unspecified atom stereocenters. The first-order valence-corrected chi connectivity index (χ1v) is 9.29. The number of halogens is 3. The molecule has 1 saturated carbocycles. The van der Waals surface area contributed by atoms with E-state index in [0.29, 0.717) is 44.8 Å². The summed E-state index contributed by atoms with van der Waals surface area (Å²) in [6.07, 6.45) is 5.43. The van der Waals surface area contributed by atoms with Crippen molar-refractivity contribution in [2.75, 3.05) is 13.1 Å². The molecule has 1 aliphatic carbocycles. The van der Waals surface area contributed by atoms with Crippen LogP contribution in [0.3, 0.4) is 0 Å². The summed E-state index contributed by atoms with van der Waals surface area (Å²) in [5, 5.41) is 11.0. The van der Waals surface area contributed by atoms with Gasteiger partial charge in [-0.15, -0.1) is 12.3 Å². The number of rotatable bonds is 7. The van der Waals surface area contributed by atoms with Crippen molar-refractivity contribution in [3.8, 4) is 12.3 Å². The Hall–Kier alpha value is -1.62. The van der Waals surface area contributed by atoms with E-state index < -0.39 is 17.8 Å². The lowest BCUT2D eigenvalue weighted by Gasteiger charge is -2.46. The SMILES string of the molecule is C#CCCC1(CCC(=O)NC2CC(N3CCC(C(F)(F)F)CC3)C2)N=N1. The van der Waals surface area contributed by atoms with E-state index in [9.17, 15) is 18.0 Å². The third kappa shape index (κ3) is 4.76. The quantitative estimate of drug-likeness (QED) is 0.700. The summed E-state index contributed by atoms with van der Waals surface area (Å²) in [5.74, 6) is 1.39. The fourth-order valence-corrected chi connectivity index (χ4v) is 3.88. The van der Waals surface area contributed by atoms with Crippen LogP contribution in [0.1, 0.15) is 51.4 Å². The van der Waals surface area contributed by atoms with Crippen molar-refractivity contribution in [3.05, 3.63) is 0 Å². The molecule has 0 aromatic heterocycles. The molecule has 1 amide bonds. The largest absolute Gasteiger partial charge is 0.391 e. The molecule has 0 atom stereocenters. The van der Waals surface area contributed by atoms with Crippen LogP contribution in [0.4, 0.5) is 13.2 Å². The summed E-state index contributed by atoms with van der Waals surface area (Å²) in [4.78, 5) is 14.2. The molecule has 3 aliphatic rings. The standard InChI is InChI=1S/C18H25F3N4O/c1-2-3-7-17(23-24-17)8-4-16(26)22-14-11-15(12-14)25-9-5-13(6-10-25)18(19,20)21/h1,13-15H,3-12H2,(H,22,26). The van der Waals surface area contributed by atoms with Crippen LogP contribution in [-0.4, -0.2) is 47.8 Å². The van der Waals surface area contributed by atoms with Gasteiger partial charge in [-0.3, -0.25) is 4.79 Å². The zero-order valence-electron chi connectivity index (χ0n) is 14.8. The molecule has 0 aromatic carbocycles. The van der Waals surface area contributed by atoms with E-state index in [1.54, 1.807) is 0 Å². The Balaban J connectivity index is 1.30. The number of amides is 1. The topological polar surface area (TPSA) is 57.1 Å². The molecular formula is C18H25F3N4O. The van der Waals surface area contributed by atoms with E-state index in [2.05, 4.69) is 26.4 Å². The fraction of sp³-hybridized carbons (Fsp3) is 0.833. The predicted octanol–water partition coefficient (Wildman–Crippen LogP) is 3.26. The Morgan fingerprint density at radius 3 is 2.42 bits per heavy atom. The van der Waals surface area contributed by atoms with Gasteiger partial charge < -0.3 is 10.2 Å². The molecule has 0 aromatic rings. The van der Waals surface area contributed by atoms with Crippen molar-refractivity contribution in [2.24, 2.45) is 16.1 Å². The van der Waals surface area contributed by atoms with E-state index in [1.165, 1.54) is 0 Å². The van der Waals surface area contributed by atoms with Gasteiger partial charge in [-0.05, 0) is 38.8 Å². The highest BCUT2D eigenvalue weighted by molar-refractivity contribution is 5.76. The second kappa shape index (κ2) is 7.55. The lowest BCUT2D eigenvalue weighted by atomic mass is 9.83. The zero-order valence-corrected chi connectivity index (χ0v) is 14.8. The number of nitrogens with one attached hydrogen (secondary N) is 1. The van der Waals surface area contributed by atoms with E-state index in [1.807, 2.05) is 0 Å². The Morgan fingerprint density at radius 1 is 1.23 bits per heavy atom. The maximum atomic E-state index is 12.7. The van der Waals surface area contributed by atoms with Crippen molar-refractivity contribution in [3.63, 3.8) is 0 Å². The Bertz CT molecular complexity index is 578. The minimum absolute atomic E-state index is 0.0124. The van der Waals surface area contributed by atoms with Crippen molar-refractivity contribution < 1.29 is 18.0 Å². The minimum atomic E-state index is -4.07. The lowest BCUT2D eigenvalue weighted by Crippen LogP contribution is -2.56. The van der Waals surface area contributed by atoms with Crippen molar-refractivity contribution in [1.29, 1.82) is 0 Å². The lowest BCUT2D eigenvalue weighted by molar-refractivity contribution is -0.187. The summed E-state index contributed by atoms with van der Waals surface area (Å²) in [6, 6.07) is 0.424. The molecule has 5 nitrogen and oxygen atoms in total. The summed E-state index contributed by atoms with van der Waals surface area (Å²) >= 11 is 0. The molecule has 0 radical (unpaired) electrons. The van der Waals surface area contributed by atoms with Crippen LogP contribution in [0, 0.1) is 18.3 Å². The minimum Gasteiger partial charge on any atom is -0.353 e. The van der Waals surface area contributed by atoms with Gasteiger partial charge in [0.05, 0.1) is 5.92 Å². The molecule has 1 saturated heterocycles. The number of likely N-dealkylation sites (tertiary alicyclic amines) is 1. The van der Waals surface area contributed by atoms with Crippen LogP contribution < -0.4 is 5.32 Å². The van der Waals surface area contributed by atoms with Crippen molar-refractivity contribution in [1.82, 2.24) is 10.2 Å². The molecule has 3 rings (SSSR count). The molecule has 8 heteroatoms. The Labute approximate surface area is 151 Å². The Kier molecular flexibility index (Phi) is 5.56. The van der Waals surface area contributed by atoms with Gasteiger partial charge in [0.15, 0.2) is 5.66 Å². The molecule has 0 bridgehead atoms. The van der Waals surface area contributed by atoms with Crippen LogP contribution in [-0.2, 0) is 4.79 Å². The van der Waals surface area contributed by atoms with E-state index in [4.69, 9.17) is 6.42 Å². The normalized spacial score (nSPS) is 28.2. The zero-order chi connectivity index (χ0) is 18.8. The highest BCUT2D eigenvalue weighted by Crippen LogP contribution is 2.38. The van der Waals surface area contributed by atoms with Gasteiger partial charge in [0.25, 0.3) is 0 Å². The van der Waals surface area contributed by atoms with Crippen LogP contribution in [0.5, 0.6) is 0 Å². The molecule has 144 valence electrons. The fourth-order valence-electron chi connectivity index (χ4n) is 3.88. The van der Waals surface area contributed by atoms with Crippen LogP contribution in [0.2, 0.25) is 0 Å².